The predicted octanol–water partition coefficient (Wildman–Crippen LogP) is 3.34. The standard InChI is InChI=1S/C21H24N6O2/c28-21(29-11-14-4-2-1-3-5-14)27-16-7-6-15(17(27)9-8-16)10-22-19-18-20(24-12-23-18)26-13-25-19/h1-5,12-13,15-17H,6-11H2,(H2,22,23,24,25,26). The minimum absolute atomic E-state index is 0.191. The fourth-order valence-corrected chi connectivity index (χ4v) is 4.70. The highest BCUT2D eigenvalue weighted by atomic mass is 16.6. The number of carbonyl (C=O) groups excluding carboxylic acids is 1. The van der Waals surface area contributed by atoms with Crippen LogP contribution < -0.4 is 5.32 Å². The zero-order valence-corrected chi connectivity index (χ0v) is 16.1. The largest absolute Gasteiger partial charge is 0.445 e. The molecule has 3 atom stereocenters. The summed E-state index contributed by atoms with van der Waals surface area (Å²) in [5.74, 6) is 1.12. The molecule has 29 heavy (non-hydrogen) atoms. The van der Waals surface area contributed by atoms with E-state index in [-0.39, 0.29) is 12.1 Å². The highest BCUT2D eigenvalue weighted by Crippen LogP contribution is 2.39. The number of benzene rings is 1. The van der Waals surface area contributed by atoms with Gasteiger partial charge in [0.2, 0.25) is 0 Å². The van der Waals surface area contributed by atoms with E-state index in [1.54, 1.807) is 6.33 Å². The maximum atomic E-state index is 12.8. The number of anilines is 1. The topological polar surface area (TPSA) is 96.0 Å². The van der Waals surface area contributed by atoms with Crippen molar-refractivity contribution in [1.29, 1.82) is 0 Å². The van der Waals surface area contributed by atoms with Crippen LogP contribution in [-0.2, 0) is 11.3 Å². The zero-order chi connectivity index (χ0) is 19.6. The summed E-state index contributed by atoms with van der Waals surface area (Å²) in [4.78, 5) is 30.6. The number of ether oxygens (including phenoxy) is 1. The molecule has 8 heteroatoms. The van der Waals surface area contributed by atoms with Crippen LogP contribution in [-0.4, -0.2) is 49.6 Å². The monoisotopic (exact) mass is 392 g/mol. The van der Waals surface area contributed by atoms with Crippen LogP contribution in [0.3, 0.4) is 0 Å². The molecule has 0 spiro atoms. The van der Waals surface area contributed by atoms with Crippen molar-refractivity contribution in [2.75, 3.05) is 11.9 Å². The third kappa shape index (κ3) is 3.50. The van der Waals surface area contributed by atoms with Crippen molar-refractivity contribution >= 4 is 23.1 Å². The van der Waals surface area contributed by atoms with Gasteiger partial charge in [-0.25, -0.2) is 19.7 Å². The number of H-pyrrole nitrogens is 1. The number of fused-ring (bicyclic) bond motifs is 3. The number of rotatable bonds is 5. The lowest BCUT2D eigenvalue weighted by Crippen LogP contribution is -2.49. The Morgan fingerprint density at radius 2 is 2.00 bits per heavy atom. The van der Waals surface area contributed by atoms with Gasteiger partial charge in [0.15, 0.2) is 11.5 Å². The number of aromatic amines is 1. The molecule has 2 aliphatic heterocycles. The maximum absolute atomic E-state index is 12.8. The van der Waals surface area contributed by atoms with E-state index in [2.05, 4.69) is 25.3 Å². The van der Waals surface area contributed by atoms with Gasteiger partial charge in [-0.15, -0.1) is 0 Å². The Balaban J connectivity index is 1.24. The average molecular weight is 392 g/mol. The molecule has 3 aromatic rings. The molecule has 2 fully saturated rings. The number of hydrogen-bond acceptors (Lipinski definition) is 6. The van der Waals surface area contributed by atoms with Crippen LogP contribution in [0.15, 0.2) is 43.0 Å². The minimum Gasteiger partial charge on any atom is -0.445 e. The van der Waals surface area contributed by atoms with Gasteiger partial charge < -0.3 is 19.9 Å². The normalized spacial score (nSPS) is 23.3. The molecular formula is C21H24N6O2. The van der Waals surface area contributed by atoms with Crippen LogP contribution in [0.1, 0.15) is 31.2 Å². The lowest BCUT2D eigenvalue weighted by molar-refractivity contribution is 0.0493. The summed E-state index contributed by atoms with van der Waals surface area (Å²) in [5, 5.41) is 3.44. The molecule has 0 aliphatic carbocycles. The van der Waals surface area contributed by atoms with Gasteiger partial charge in [0.05, 0.1) is 6.33 Å². The van der Waals surface area contributed by atoms with Crippen LogP contribution in [0.5, 0.6) is 0 Å². The molecule has 1 amide bonds. The molecule has 2 aromatic heterocycles. The van der Waals surface area contributed by atoms with Gasteiger partial charge in [-0.05, 0) is 37.2 Å². The van der Waals surface area contributed by atoms with Gasteiger partial charge in [0.1, 0.15) is 18.5 Å². The van der Waals surface area contributed by atoms with Crippen molar-refractivity contribution in [3.8, 4) is 0 Å². The molecule has 5 rings (SSSR count). The Hall–Kier alpha value is -3.16. The zero-order valence-electron chi connectivity index (χ0n) is 16.1. The van der Waals surface area contributed by atoms with Crippen molar-refractivity contribution in [3.63, 3.8) is 0 Å². The lowest BCUT2D eigenvalue weighted by Gasteiger charge is -2.39. The van der Waals surface area contributed by atoms with E-state index in [0.29, 0.717) is 24.2 Å². The Kier molecular flexibility index (Phi) is 4.75. The van der Waals surface area contributed by atoms with Gasteiger partial charge >= 0.3 is 6.09 Å². The molecule has 2 N–H and O–H groups in total. The first kappa shape index (κ1) is 17.9. The van der Waals surface area contributed by atoms with Crippen LogP contribution in [0.2, 0.25) is 0 Å². The molecule has 1 aromatic carbocycles. The van der Waals surface area contributed by atoms with Gasteiger partial charge in [0, 0.05) is 18.6 Å². The molecule has 150 valence electrons. The Labute approximate surface area is 168 Å². The number of amides is 1. The van der Waals surface area contributed by atoms with Crippen molar-refractivity contribution in [1.82, 2.24) is 24.8 Å². The average Bonchev–Trinajstić information content (AvgIpc) is 3.36. The summed E-state index contributed by atoms with van der Waals surface area (Å²) in [6.45, 7) is 1.07. The van der Waals surface area contributed by atoms with Crippen molar-refractivity contribution in [2.24, 2.45) is 5.92 Å². The predicted molar refractivity (Wildman–Crippen MR) is 108 cm³/mol. The summed E-state index contributed by atoms with van der Waals surface area (Å²) in [5.41, 5.74) is 2.47. The van der Waals surface area contributed by atoms with E-state index in [1.165, 1.54) is 6.33 Å². The van der Waals surface area contributed by atoms with E-state index in [0.717, 1.165) is 49.1 Å². The number of nitrogens with one attached hydrogen (secondary N) is 2. The van der Waals surface area contributed by atoms with Gasteiger partial charge in [-0.3, -0.25) is 0 Å². The van der Waals surface area contributed by atoms with E-state index in [4.69, 9.17) is 4.74 Å². The Bertz CT molecular complexity index is 991. The summed E-state index contributed by atoms with van der Waals surface area (Å²) in [7, 11) is 0. The molecule has 3 unspecified atom stereocenters. The van der Waals surface area contributed by atoms with Gasteiger partial charge in [-0.2, -0.15) is 0 Å². The summed E-state index contributed by atoms with van der Waals surface area (Å²) in [6.07, 6.45) is 7.15. The van der Waals surface area contributed by atoms with Crippen LogP contribution >= 0.6 is 0 Å². The number of nitrogens with zero attached hydrogens (tertiary/aromatic N) is 4. The van der Waals surface area contributed by atoms with Crippen LogP contribution in [0.4, 0.5) is 10.6 Å². The number of aromatic nitrogens is 4. The van der Waals surface area contributed by atoms with Crippen molar-refractivity contribution in [3.05, 3.63) is 48.5 Å². The number of imidazole rings is 1. The highest BCUT2D eigenvalue weighted by Gasteiger charge is 2.45. The molecule has 8 nitrogen and oxygen atoms in total. The molecular weight excluding hydrogens is 368 g/mol. The molecule has 0 saturated carbocycles. The molecule has 2 saturated heterocycles. The minimum atomic E-state index is -0.191. The van der Waals surface area contributed by atoms with Crippen molar-refractivity contribution in [2.45, 2.75) is 44.4 Å². The fraction of sp³-hybridized carbons (Fsp3) is 0.429. The fourth-order valence-electron chi connectivity index (χ4n) is 4.70. The second-order valence-electron chi connectivity index (χ2n) is 7.79. The second-order valence-corrected chi connectivity index (χ2v) is 7.79. The maximum Gasteiger partial charge on any atom is 0.410 e. The van der Waals surface area contributed by atoms with E-state index < -0.39 is 0 Å². The van der Waals surface area contributed by atoms with Crippen LogP contribution in [0, 0.1) is 5.92 Å². The first-order valence-electron chi connectivity index (χ1n) is 10.2. The summed E-state index contributed by atoms with van der Waals surface area (Å²) in [6, 6.07) is 10.3. The summed E-state index contributed by atoms with van der Waals surface area (Å²) < 4.78 is 5.64. The summed E-state index contributed by atoms with van der Waals surface area (Å²) >= 11 is 0. The van der Waals surface area contributed by atoms with E-state index in [9.17, 15) is 4.79 Å². The van der Waals surface area contributed by atoms with E-state index >= 15 is 0 Å². The molecule has 2 aliphatic rings. The Morgan fingerprint density at radius 1 is 1.14 bits per heavy atom. The number of piperidine rings is 1. The smallest absolute Gasteiger partial charge is 0.410 e. The molecule has 4 heterocycles. The van der Waals surface area contributed by atoms with Gasteiger partial charge in [0.25, 0.3) is 0 Å². The molecule has 2 bridgehead atoms. The lowest BCUT2D eigenvalue weighted by atomic mass is 9.90. The first-order valence-corrected chi connectivity index (χ1v) is 10.2. The third-order valence-electron chi connectivity index (χ3n) is 6.13. The Morgan fingerprint density at radius 3 is 2.90 bits per heavy atom. The van der Waals surface area contributed by atoms with Crippen LogP contribution in [0.25, 0.3) is 11.2 Å². The first-order chi connectivity index (χ1) is 14.3. The van der Waals surface area contributed by atoms with E-state index in [1.807, 2.05) is 35.2 Å². The second kappa shape index (κ2) is 7.69. The molecule has 0 radical (unpaired) electrons. The SMILES string of the molecule is O=C(OCc1ccccc1)N1C2CCC(CNc3ncnc4nc[nH]c34)C1CC2. The number of carbonyl (C=O) groups is 1. The van der Waals surface area contributed by atoms with Gasteiger partial charge in [-0.1, -0.05) is 30.3 Å². The highest BCUT2D eigenvalue weighted by molar-refractivity contribution is 5.81. The van der Waals surface area contributed by atoms with Crippen molar-refractivity contribution < 1.29 is 9.53 Å². The quantitative estimate of drug-likeness (QED) is 0.691. The number of hydrogen-bond donors (Lipinski definition) is 2. The third-order valence-corrected chi connectivity index (χ3v) is 6.13.